The molecular formula is C63H51N5O. The molecule has 1 atom stereocenters. The minimum absolute atomic E-state index is 0.0647. The molecule has 334 valence electrons. The highest BCUT2D eigenvalue weighted by atomic mass is 16.3. The van der Waals surface area contributed by atoms with E-state index in [9.17, 15) is 10.5 Å². The number of nitrogens with zero attached hydrogens (tertiary/aromatic N) is 4. The van der Waals surface area contributed by atoms with Crippen molar-refractivity contribution in [1.82, 2.24) is 14.0 Å². The van der Waals surface area contributed by atoms with Gasteiger partial charge in [-0.25, -0.2) is 4.99 Å². The molecule has 2 aromatic heterocycles. The lowest BCUT2D eigenvalue weighted by Gasteiger charge is -2.26. The van der Waals surface area contributed by atoms with Gasteiger partial charge in [-0.3, -0.25) is 5.41 Å². The number of fused-ring (bicyclic) bond motifs is 9. The monoisotopic (exact) mass is 893 g/mol. The molecule has 10 aromatic rings. The van der Waals surface area contributed by atoms with Crippen LogP contribution in [-0.4, -0.2) is 37.9 Å². The highest BCUT2D eigenvalue weighted by Gasteiger charge is 2.25. The minimum Gasteiger partial charge on any atom is -0.509 e. The number of aliphatic hydroxyl groups is 1. The summed E-state index contributed by atoms with van der Waals surface area (Å²) < 4.78 is 4.74. The second-order valence-electron chi connectivity index (χ2n) is 17.7. The first-order valence-electron chi connectivity index (χ1n) is 23.6. The van der Waals surface area contributed by atoms with Crippen molar-refractivity contribution < 1.29 is 5.11 Å². The smallest absolute Gasteiger partial charge is 0.154 e. The second-order valence-corrected chi connectivity index (χ2v) is 17.7. The van der Waals surface area contributed by atoms with E-state index in [1.54, 1.807) is 12.2 Å². The maximum Gasteiger partial charge on any atom is 0.154 e. The van der Waals surface area contributed by atoms with Gasteiger partial charge in [0.15, 0.2) is 5.84 Å². The predicted octanol–water partition coefficient (Wildman–Crippen LogP) is 16.0. The highest BCUT2D eigenvalue weighted by Crippen LogP contribution is 2.42. The summed E-state index contributed by atoms with van der Waals surface area (Å²) >= 11 is 0. The van der Waals surface area contributed by atoms with Gasteiger partial charge in [-0.1, -0.05) is 184 Å². The molecule has 0 amide bonds. The van der Waals surface area contributed by atoms with Gasteiger partial charge in [0.25, 0.3) is 0 Å². The molecule has 6 heteroatoms. The Morgan fingerprint density at radius 3 is 2.12 bits per heavy atom. The van der Waals surface area contributed by atoms with Crippen LogP contribution in [0.25, 0.3) is 82.1 Å². The number of aliphatic hydroxyl groups excluding tert-OH is 1. The normalized spacial score (nSPS) is 14.6. The second kappa shape index (κ2) is 17.8. The van der Waals surface area contributed by atoms with Crippen LogP contribution >= 0.6 is 0 Å². The Morgan fingerprint density at radius 2 is 1.36 bits per heavy atom. The van der Waals surface area contributed by atoms with Crippen LogP contribution in [0.1, 0.15) is 37.0 Å². The summed E-state index contributed by atoms with van der Waals surface area (Å²) in [5.41, 5.74) is 10.8. The summed E-state index contributed by atoms with van der Waals surface area (Å²) in [6.07, 6.45) is 14.6. The Labute approximate surface area is 401 Å². The molecule has 8 aromatic carbocycles. The summed E-state index contributed by atoms with van der Waals surface area (Å²) in [5.74, 6) is 0.763. The van der Waals surface area contributed by atoms with Crippen molar-refractivity contribution in [2.75, 3.05) is 7.05 Å². The van der Waals surface area contributed by atoms with Crippen LogP contribution in [0.3, 0.4) is 0 Å². The van der Waals surface area contributed by atoms with Gasteiger partial charge in [0, 0.05) is 68.0 Å². The third-order valence-corrected chi connectivity index (χ3v) is 13.5. The molecule has 69 heavy (non-hydrogen) atoms. The Kier molecular flexibility index (Phi) is 11.1. The molecule has 0 saturated heterocycles. The van der Waals surface area contributed by atoms with Crippen molar-refractivity contribution in [3.05, 3.63) is 247 Å². The van der Waals surface area contributed by atoms with Gasteiger partial charge < -0.3 is 19.1 Å². The number of nitrogens with one attached hydrogen (secondary N) is 1. The van der Waals surface area contributed by atoms with Crippen LogP contribution in [0.4, 0.5) is 0 Å². The van der Waals surface area contributed by atoms with Crippen LogP contribution in [-0.2, 0) is 0 Å². The van der Waals surface area contributed by atoms with E-state index in [4.69, 9.17) is 4.99 Å². The maximum absolute atomic E-state index is 10.3. The maximum atomic E-state index is 10.3. The Bertz CT molecular complexity index is 3910. The lowest BCUT2D eigenvalue weighted by atomic mass is 9.95. The molecule has 0 bridgehead atoms. The third kappa shape index (κ3) is 7.57. The first-order chi connectivity index (χ1) is 33.8. The van der Waals surface area contributed by atoms with E-state index < -0.39 is 0 Å². The summed E-state index contributed by atoms with van der Waals surface area (Å²) in [6.45, 7) is 8.09. The molecule has 0 unspecified atom stereocenters. The zero-order chi connectivity index (χ0) is 47.2. The van der Waals surface area contributed by atoms with E-state index in [0.29, 0.717) is 11.4 Å². The van der Waals surface area contributed by atoms with Crippen molar-refractivity contribution in [2.45, 2.75) is 20.3 Å². The van der Waals surface area contributed by atoms with Gasteiger partial charge in [-0.15, -0.1) is 0 Å². The minimum atomic E-state index is -0.0814. The van der Waals surface area contributed by atoms with E-state index >= 15 is 0 Å². The summed E-state index contributed by atoms with van der Waals surface area (Å²) in [5, 5.41) is 29.8. The number of para-hydroxylation sites is 2. The number of rotatable bonds is 10. The highest BCUT2D eigenvalue weighted by molar-refractivity contribution is 6.28. The van der Waals surface area contributed by atoms with Crippen LogP contribution in [0.2, 0.25) is 0 Å². The number of aliphatic imine (C=N–C) groups is 1. The molecule has 0 radical (unpaired) electrons. The average Bonchev–Trinajstić information content (AvgIpc) is 4.06. The number of hydrogen-bond acceptors (Lipinski definition) is 2. The molecule has 0 aliphatic heterocycles. The van der Waals surface area contributed by atoms with Crippen molar-refractivity contribution >= 4 is 88.1 Å². The number of aromatic nitrogens is 2. The van der Waals surface area contributed by atoms with E-state index in [0.717, 1.165) is 83.8 Å². The lowest BCUT2D eigenvalue weighted by Crippen LogP contribution is -2.30. The van der Waals surface area contributed by atoms with Gasteiger partial charge in [-0.05, 0) is 76.7 Å². The molecule has 1 aliphatic carbocycles. The SMILES string of the molecule is C=C(O)/C=C\C=C(\C(=N)/N=C(/c1ccc2c3ccccc3n(-c3ccccc3)c2c1)N(C)C1=CC=C[C@@H]1C)c1ccccc1/C(=C\CC)n1c2cc3ccccc3cc2c2ccc3ccccc3c21. The van der Waals surface area contributed by atoms with Crippen LogP contribution in [0.5, 0.6) is 0 Å². The first kappa shape index (κ1) is 42.9. The fourth-order valence-corrected chi connectivity index (χ4v) is 10.3. The van der Waals surface area contributed by atoms with Crippen LogP contribution in [0.15, 0.2) is 235 Å². The zero-order valence-electron chi connectivity index (χ0n) is 38.9. The average molecular weight is 894 g/mol. The number of benzene rings is 8. The van der Waals surface area contributed by atoms with Gasteiger partial charge in [0.2, 0.25) is 0 Å². The van der Waals surface area contributed by atoms with Gasteiger partial charge in [-0.2, -0.15) is 0 Å². The molecule has 2 heterocycles. The third-order valence-electron chi connectivity index (χ3n) is 13.5. The zero-order valence-corrected chi connectivity index (χ0v) is 38.9. The number of amidine groups is 2. The van der Waals surface area contributed by atoms with Crippen molar-refractivity contribution in [3.8, 4) is 5.69 Å². The molecule has 0 saturated carbocycles. The van der Waals surface area contributed by atoms with Gasteiger partial charge in [0.05, 0.1) is 27.8 Å². The number of allylic oxidation sites excluding steroid dienone is 7. The molecule has 2 N–H and O–H groups in total. The van der Waals surface area contributed by atoms with Crippen molar-refractivity contribution in [1.29, 1.82) is 5.41 Å². The Hall–Kier alpha value is -8.74. The van der Waals surface area contributed by atoms with Crippen LogP contribution in [0, 0.1) is 11.3 Å². The quantitative estimate of drug-likeness (QED) is 0.0621. The lowest BCUT2D eigenvalue weighted by molar-refractivity contribution is 0.435. The van der Waals surface area contributed by atoms with E-state index in [2.05, 4.69) is 216 Å². The first-order valence-corrected chi connectivity index (χ1v) is 23.6. The van der Waals surface area contributed by atoms with E-state index in [1.807, 2.05) is 25.3 Å². The van der Waals surface area contributed by atoms with Crippen molar-refractivity contribution in [3.63, 3.8) is 0 Å². The fourth-order valence-electron chi connectivity index (χ4n) is 10.3. The molecule has 11 rings (SSSR count). The van der Waals surface area contributed by atoms with Crippen molar-refractivity contribution in [2.24, 2.45) is 10.9 Å². The molecule has 0 fully saturated rings. The topological polar surface area (TPSA) is 69.5 Å². The van der Waals surface area contributed by atoms with Crippen LogP contribution < -0.4 is 0 Å². The molecule has 1 aliphatic rings. The Balaban J connectivity index is 1.13. The molecular weight excluding hydrogens is 843 g/mol. The van der Waals surface area contributed by atoms with Gasteiger partial charge >= 0.3 is 0 Å². The molecule has 0 spiro atoms. The standard InChI is InChI=1S/C63H51N5O/c1-5-19-57(68-60-39-45-24-10-9-23-44(45)38-55(60)53-37-34-43-22-11-12-27-48(43)61(53)68)50-29-14-13-28-49(50)54(31-18-21-42(3)69)62(64)65-63(66(4)56-33-17-20-41(56)2)46-35-36-52-51-30-15-16-32-58(51)67(59(52)40-46)47-25-7-6-8-26-47/h6-41,64,69H,3,5H2,1-2,4H3/b21-18-,54-31+,57-19+,64-62?,65-63-/t41-/m0/s1. The summed E-state index contributed by atoms with van der Waals surface area (Å²) in [4.78, 5) is 7.51. The van der Waals surface area contributed by atoms with E-state index in [1.165, 1.54) is 21.5 Å². The predicted molar refractivity (Wildman–Crippen MR) is 293 cm³/mol. The fraction of sp³-hybridized carbons (Fsp3) is 0.0794. The van der Waals surface area contributed by atoms with E-state index in [-0.39, 0.29) is 17.5 Å². The Morgan fingerprint density at radius 1 is 0.696 bits per heavy atom. The molecule has 6 nitrogen and oxygen atoms in total. The number of hydrogen-bond donors (Lipinski definition) is 2. The summed E-state index contributed by atoms with van der Waals surface area (Å²) in [7, 11) is 2.05. The van der Waals surface area contributed by atoms with Gasteiger partial charge in [0.1, 0.15) is 11.6 Å². The summed E-state index contributed by atoms with van der Waals surface area (Å²) in [6, 6.07) is 60.1. The largest absolute Gasteiger partial charge is 0.509 e.